The fourth-order valence-electron chi connectivity index (χ4n) is 2.04. The number of hydrogen-bond acceptors (Lipinski definition) is 4. The van der Waals surface area contributed by atoms with Gasteiger partial charge in [0.05, 0.1) is 31.9 Å². The summed E-state index contributed by atoms with van der Waals surface area (Å²) in [5.74, 6) is 0. The lowest BCUT2D eigenvalue weighted by Gasteiger charge is -2.34. The van der Waals surface area contributed by atoms with Gasteiger partial charge in [0.15, 0.2) is 6.72 Å². The molecule has 1 fully saturated rings. The summed E-state index contributed by atoms with van der Waals surface area (Å²) >= 11 is 1.44. The third kappa shape index (κ3) is 4.96. The van der Waals surface area contributed by atoms with Crippen LogP contribution in [0.4, 0.5) is 0 Å². The average molecular weight is 301 g/mol. The van der Waals surface area contributed by atoms with Crippen LogP contribution in [0.3, 0.4) is 0 Å². The molecule has 1 saturated heterocycles. The second kappa shape index (κ2) is 8.49. The molecule has 114 valence electrons. The Balaban J connectivity index is 2.66. The van der Waals surface area contributed by atoms with Crippen LogP contribution in [-0.2, 0) is 4.74 Å². The fourth-order valence-corrected chi connectivity index (χ4v) is 3.17. The molecule has 0 saturated carbocycles. The van der Waals surface area contributed by atoms with Crippen LogP contribution in [0, 0.1) is 0 Å². The maximum Gasteiger partial charge on any atom is 0.407 e. The van der Waals surface area contributed by atoms with E-state index in [1.807, 2.05) is 18.9 Å². The van der Waals surface area contributed by atoms with Crippen LogP contribution in [0.15, 0.2) is 12.7 Å². The van der Waals surface area contributed by atoms with Crippen molar-refractivity contribution in [1.29, 1.82) is 0 Å². The van der Waals surface area contributed by atoms with Gasteiger partial charge in [0, 0.05) is 24.6 Å². The number of nitrogens with zero attached hydrogens (tertiary/aromatic N) is 2. The number of rotatable bonds is 5. The Morgan fingerprint density at radius 2 is 2.30 bits per heavy atom. The molecule has 20 heavy (non-hydrogen) atoms. The molecule has 0 aromatic rings. The number of hydrogen-bond donors (Lipinski definition) is 2. The molecule has 1 heterocycles. The van der Waals surface area contributed by atoms with E-state index in [-0.39, 0.29) is 11.5 Å². The zero-order valence-electron chi connectivity index (χ0n) is 12.2. The highest BCUT2D eigenvalue weighted by Gasteiger charge is 2.35. The lowest BCUT2D eigenvalue weighted by Crippen LogP contribution is -2.42. The molecule has 0 radical (unpaired) electrons. The highest BCUT2D eigenvalue weighted by atomic mass is 32.2. The van der Waals surface area contributed by atoms with Gasteiger partial charge < -0.3 is 14.9 Å². The third-order valence-corrected chi connectivity index (χ3v) is 4.52. The summed E-state index contributed by atoms with van der Waals surface area (Å²) in [7, 11) is 1.93. The van der Waals surface area contributed by atoms with Crippen molar-refractivity contribution in [3.8, 4) is 0 Å². The Morgan fingerprint density at radius 3 is 2.85 bits per heavy atom. The van der Waals surface area contributed by atoms with Gasteiger partial charge in [-0.15, -0.1) is 6.58 Å². The molecular formula is C14H25N2O3S+. The van der Waals surface area contributed by atoms with E-state index in [0.29, 0.717) is 19.3 Å². The molecule has 0 aromatic carbocycles. The summed E-state index contributed by atoms with van der Waals surface area (Å²) in [6, 6.07) is 0. The van der Waals surface area contributed by atoms with Gasteiger partial charge in [-0.05, 0) is 13.3 Å². The van der Waals surface area contributed by atoms with Crippen LogP contribution in [0.2, 0.25) is 0 Å². The zero-order chi connectivity index (χ0) is 15.1. The SMILES string of the molecule is C=CCC(O)C1CC(O)CC(SC(=[N+]=C)N(C)CC)O1. The summed E-state index contributed by atoms with van der Waals surface area (Å²) in [6.07, 6.45) is 1.63. The monoisotopic (exact) mass is 301 g/mol. The molecule has 2 N–H and O–H groups in total. The summed E-state index contributed by atoms with van der Waals surface area (Å²) < 4.78 is 9.87. The summed E-state index contributed by atoms with van der Waals surface area (Å²) in [6.45, 7) is 10.0. The van der Waals surface area contributed by atoms with E-state index in [0.717, 1.165) is 11.7 Å². The lowest BCUT2D eigenvalue weighted by molar-refractivity contribution is -0.107. The molecule has 5 nitrogen and oxygen atoms in total. The van der Waals surface area contributed by atoms with Gasteiger partial charge in [-0.25, -0.2) is 9.57 Å². The van der Waals surface area contributed by atoms with Crippen LogP contribution < -0.4 is 4.67 Å². The Labute approximate surface area is 125 Å². The molecule has 1 aliphatic rings. The smallest absolute Gasteiger partial charge is 0.393 e. The van der Waals surface area contributed by atoms with Gasteiger partial charge >= 0.3 is 5.17 Å². The van der Waals surface area contributed by atoms with E-state index in [1.54, 1.807) is 6.08 Å². The van der Waals surface area contributed by atoms with Gasteiger partial charge in [-0.2, -0.15) is 0 Å². The first-order valence-corrected chi connectivity index (χ1v) is 7.73. The number of aliphatic hydroxyl groups excluding tert-OH is 2. The van der Waals surface area contributed by atoms with Crippen molar-refractivity contribution < 1.29 is 14.9 Å². The Bertz CT molecular complexity index is 371. The van der Waals surface area contributed by atoms with E-state index in [9.17, 15) is 10.2 Å². The molecule has 1 rings (SSSR count). The molecule has 6 heteroatoms. The van der Waals surface area contributed by atoms with Gasteiger partial charge in [0.2, 0.25) is 0 Å². The molecule has 0 aliphatic carbocycles. The first-order chi connectivity index (χ1) is 9.51. The molecule has 0 bridgehead atoms. The summed E-state index contributed by atoms with van der Waals surface area (Å²) in [4.78, 5) is 1.97. The minimum absolute atomic E-state index is 0.224. The number of amidine groups is 1. The first-order valence-electron chi connectivity index (χ1n) is 6.85. The van der Waals surface area contributed by atoms with E-state index in [2.05, 4.69) is 18.0 Å². The van der Waals surface area contributed by atoms with Crippen molar-refractivity contribution in [2.45, 2.75) is 49.9 Å². The summed E-state index contributed by atoms with van der Waals surface area (Å²) in [5, 5.41) is 20.7. The van der Waals surface area contributed by atoms with Crippen molar-refractivity contribution in [3.05, 3.63) is 12.7 Å². The molecule has 4 atom stereocenters. The predicted molar refractivity (Wildman–Crippen MR) is 84.9 cm³/mol. The third-order valence-electron chi connectivity index (χ3n) is 3.31. The second-order valence-corrected chi connectivity index (χ2v) is 6.02. The number of thioether (sulfide) groups is 1. The van der Waals surface area contributed by atoms with Crippen LogP contribution in [-0.4, -0.2) is 64.3 Å². The highest BCUT2D eigenvalue weighted by molar-refractivity contribution is 8.14. The molecular weight excluding hydrogens is 276 g/mol. The van der Waals surface area contributed by atoms with Crippen LogP contribution in [0.5, 0.6) is 0 Å². The van der Waals surface area contributed by atoms with E-state index in [4.69, 9.17) is 4.74 Å². The molecule has 0 spiro atoms. The average Bonchev–Trinajstić information content (AvgIpc) is 2.43. The van der Waals surface area contributed by atoms with Gasteiger partial charge in [0.1, 0.15) is 5.44 Å². The zero-order valence-corrected chi connectivity index (χ0v) is 13.1. The van der Waals surface area contributed by atoms with Gasteiger partial charge in [0.25, 0.3) is 0 Å². The molecule has 0 amide bonds. The normalized spacial score (nSPS) is 27.5. The van der Waals surface area contributed by atoms with Crippen molar-refractivity contribution in [1.82, 2.24) is 9.57 Å². The molecule has 4 unspecified atom stereocenters. The van der Waals surface area contributed by atoms with Crippen molar-refractivity contribution >= 4 is 23.6 Å². The van der Waals surface area contributed by atoms with E-state index >= 15 is 0 Å². The van der Waals surface area contributed by atoms with Gasteiger partial charge in [-0.3, -0.25) is 0 Å². The van der Waals surface area contributed by atoms with E-state index < -0.39 is 12.2 Å². The maximum absolute atomic E-state index is 9.99. The predicted octanol–water partition coefficient (Wildman–Crippen LogP) is 0.598. The Kier molecular flexibility index (Phi) is 7.34. The minimum Gasteiger partial charge on any atom is -0.393 e. The highest BCUT2D eigenvalue weighted by Crippen LogP contribution is 2.30. The number of aliphatic hydroxyl groups is 2. The second-order valence-electron chi connectivity index (χ2n) is 4.89. The lowest BCUT2D eigenvalue weighted by atomic mass is 10.00. The standard InChI is InChI=1S/C14H25N2O3S/c1-5-7-11(18)12-8-10(17)9-13(19-12)20-14(15-3)16(4)6-2/h5,10-13,17-18H,1,3,6-9H2,2,4H3/q+1. The summed E-state index contributed by atoms with van der Waals surface area (Å²) in [5.41, 5.74) is -0.224. The molecule has 0 aromatic heterocycles. The topological polar surface area (TPSA) is 67.0 Å². The quantitative estimate of drug-likeness (QED) is 0.337. The fraction of sp³-hybridized carbons (Fsp3) is 0.714. The maximum atomic E-state index is 9.99. The van der Waals surface area contributed by atoms with Crippen LogP contribution in [0.1, 0.15) is 26.2 Å². The largest absolute Gasteiger partial charge is 0.407 e. The Morgan fingerprint density at radius 1 is 1.60 bits per heavy atom. The van der Waals surface area contributed by atoms with Gasteiger partial charge in [-0.1, -0.05) is 6.08 Å². The first kappa shape index (κ1) is 17.3. The van der Waals surface area contributed by atoms with Crippen LogP contribution in [0.25, 0.3) is 0 Å². The van der Waals surface area contributed by atoms with Crippen molar-refractivity contribution in [3.63, 3.8) is 0 Å². The van der Waals surface area contributed by atoms with Crippen molar-refractivity contribution in [2.24, 2.45) is 0 Å². The van der Waals surface area contributed by atoms with Crippen LogP contribution >= 0.6 is 11.8 Å². The van der Waals surface area contributed by atoms with Crippen molar-refractivity contribution in [2.75, 3.05) is 13.6 Å². The number of ether oxygens (including phenoxy) is 1. The molecule has 1 aliphatic heterocycles. The van der Waals surface area contributed by atoms with E-state index in [1.165, 1.54) is 11.8 Å². The Hall–Kier alpha value is -0.780. The minimum atomic E-state index is -0.630.